The summed E-state index contributed by atoms with van der Waals surface area (Å²) in [6.07, 6.45) is 6.08. The van der Waals surface area contributed by atoms with Crippen molar-refractivity contribution in [2.75, 3.05) is 19.6 Å². The van der Waals surface area contributed by atoms with E-state index in [9.17, 15) is 0 Å². The van der Waals surface area contributed by atoms with Crippen molar-refractivity contribution < 1.29 is 0 Å². The quantitative estimate of drug-likeness (QED) is 0.833. The standard InChI is InChI=1S/C17H24N4S2/c1-12-16(22-11-20-12)10-21(8-13-4-5-18-6-13)9-15-7-19-17(23-15)14-2-3-14/h7,11,13-14,18H,2-6,8-10H2,1H3/t13-/m0/s1. The van der Waals surface area contributed by atoms with E-state index in [0.29, 0.717) is 0 Å². The maximum atomic E-state index is 4.65. The van der Waals surface area contributed by atoms with Crippen molar-refractivity contribution >= 4 is 22.7 Å². The Kier molecular flexibility index (Phi) is 4.76. The molecule has 3 heterocycles. The van der Waals surface area contributed by atoms with E-state index in [1.54, 1.807) is 11.3 Å². The number of nitrogens with zero attached hydrogens (tertiary/aromatic N) is 3. The lowest BCUT2D eigenvalue weighted by atomic mass is 10.1. The highest BCUT2D eigenvalue weighted by molar-refractivity contribution is 7.11. The van der Waals surface area contributed by atoms with Gasteiger partial charge >= 0.3 is 0 Å². The van der Waals surface area contributed by atoms with E-state index >= 15 is 0 Å². The van der Waals surface area contributed by atoms with E-state index in [1.807, 2.05) is 16.8 Å². The van der Waals surface area contributed by atoms with Gasteiger partial charge in [-0.25, -0.2) is 9.97 Å². The average molecular weight is 349 g/mol. The molecule has 2 aliphatic rings. The molecule has 1 aliphatic heterocycles. The van der Waals surface area contributed by atoms with Gasteiger partial charge in [-0.15, -0.1) is 22.7 Å². The van der Waals surface area contributed by atoms with Crippen LogP contribution in [0.1, 0.15) is 45.6 Å². The monoisotopic (exact) mass is 348 g/mol. The predicted octanol–water partition coefficient (Wildman–Crippen LogP) is 3.40. The fraction of sp³-hybridized carbons (Fsp3) is 0.647. The molecular formula is C17H24N4S2. The van der Waals surface area contributed by atoms with Gasteiger partial charge in [-0.2, -0.15) is 0 Å². The second-order valence-electron chi connectivity index (χ2n) is 6.83. The third-order valence-corrected chi connectivity index (χ3v) is 6.83. The van der Waals surface area contributed by atoms with Crippen LogP contribution < -0.4 is 5.32 Å². The zero-order valence-electron chi connectivity index (χ0n) is 13.6. The van der Waals surface area contributed by atoms with Crippen molar-refractivity contribution in [3.63, 3.8) is 0 Å². The van der Waals surface area contributed by atoms with E-state index in [1.165, 1.54) is 52.8 Å². The summed E-state index contributed by atoms with van der Waals surface area (Å²) in [4.78, 5) is 14.5. The lowest BCUT2D eigenvalue weighted by molar-refractivity contribution is 0.224. The first-order valence-corrected chi connectivity index (χ1v) is 10.2. The first kappa shape index (κ1) is 15.7. The fourth-order valence-electron chi connectivity index (χ4n) is 3.24. The molecule has 1 aliphatic carbocycles. The van der Waals surface area contributed by atoms with E-state index < -0.39 is 0 Å². The maximum absolute atomic E-state index is 4.65. The van der Waals surface area contributed by atoms with Gasteiger partial charge in [0.1, 0.15) is 0 Å². The summed E-state index contributed by atoms with van der Waals surface area (Å²) in [5.41, 5.74) is 3.16. The van der Waals surface area contributed by atoms with Crippen LogP contribution in [0.15, 0.2) is 11.7 Å². The topological polar surface area (TPSA) is 41.1 Å². The minimum atomic E-state index is 0.768. The fourth-order valence-corrected chi connectivity index (χ4v) is 5.18. The van der Waals surface area contributed by atoms with Crippen molar-refractivity contribution in [2.24, 2.45) is 5.92 Å². The number of aromatic nitrogens is 2. The molecule has 4 nitrogen and oxygen atoms in total. The average Bonchev–Trinajstić information content (AvgIpc) is 2.91. The highest BCUT2D eigenvalue weighted by Crippen LogP contribution is 2.42. The van der Waals surface area contributed by atoms with E-state index in [2.05, 4.69) is 33.3 Å². The highest BCUT2D eigenvalue weighted by atomic mass is 32.1. The zero-order chi connectivity index (χ0) is 15.6. The van der Waals surface area contributed by atoms with Gasteiger partial charge in [0.05, 0.1) is 16.2 Å². The van der Waals surface area contributed by atoms with Gasteiger partial charge in [0, 0.05) is 41.5 Å². The Morgan fingerprint density at radius 3 is 2.87 bits per heavy atom. The Morgan fingerprint density at radius 1 is 1.26 bits per heavy atom. The van der Waals surface area contributed by atoms with Crippen LogP contribution in [-0.2, 0) is 13.1 Å². The van der Waals surface area contributed by atoms with Crippen molar-refractivity contribution in [3.8, 4) is 0 Å². The predicted molar refractivity (Wildman–Crippen MR) is 96.0 cm³/mol. The first-order valence-electron chi connectivity index (χ1n) is 8.54. The first-order chi connectivity index (χ1) is 11.3. The third kappa shape index (κ3) is 3.99. The molecule has 4 rings (SSSR count). The lowest BCUT2D eigenvalue weighted by Gasteiger charge is -2.24. The molecule has 1 atom stereocenters. The number of nitrogens with one attached hydrogen (secondary N) is 1. The molecule has 6 heteroatoms. The van der Waals surface area contributed by atoms with Crippen LogP contribution in [0.25, 0.3) is 0 Å². The number of rotatable bonds is 7. The van der Waals surface area contributed by atoms with Crippen molar-refractivity contribution in [1.82, 2.24) is 20.2 Å². The molecule has 2 fully saturated rings. The molecule has 0 unspecified atom stereocenters. The van der Waals surface area contributed by atoms with Crippen molar-refractivity contribution in [1.29, 1.82) is 0 Å². The molecular weight excluding hydrogens is 324 g/mol. The third-order valence-electron chi connectivity index (χ3n) is 4.77. The summed E-state index contributed by atoms with van der Waals surface area (Å²) in [7, 11) is 0. The number of hydrogen-bond donors (Lipinski definition) is 1. The van der Waals surface area contributed by atoms with Gasteiger partial charge in [-0.1, -0.05) is 0 Å². The SMILES string of the molecule is Cc1ncsc1CN(Cc1cnc(C2CC2)s1)C[C@H]1CCNC1. The van der Waals surface area contributed by atoms with Crippen LogP contribution in [-0.4, -0.2) is 34.5 Å². The number of thiazole rings is 2. The maximum Gasteiger partial charge on any atom is 0.0959 e. The summed E-state index contributed by atoms with van der Waals surface area (Å²) in [6, 6.07) is 0. The number of aryl methyl sites for hydroxylation is 1. The lowest BCUT2D eigenvalue weighted by Crippen LogP contribution is -2.29. The Labute approximate surface area is 146 Å². The molecule has 0 spiro atoms. The molecule has 2 aromatic heterocycles. The van der Waals surface area contributed by atoms with E-state index in [4.69, 9.17) is 0 Å². The molecule has 124 valence electrons. The molecule has 1 saturated heterocycles. The molecule has 2 aromatic rings. The molecule has 0 amide bonds. The Bertz CT molecular complexity index is 641. The van der Waals surface area contributed by atoms with Crippen LogP contribution in [0.2, 0.25) is 0 Å². The largest absolute Gasteiger partial charge is 0.316 e. The summed E-state index contributed by atoms with van der Waals surface area (Å²) >= 11 is 3.71. The molecule has 0 radical (unpaired) electrons. The summed E-state index contributed by atoms with van der Waals surface area (Å²) in [5.74, 6) is 1.55. The summed E-state index contributed by atoms with van der Waals surface area (Å²) in [5, 5.41) is 4.85. The van der Waals surface area contributed by atoms with Gasteiger partial charge in [0.25, 0.3) is 0 Å². The Hall–Kier alpha value is -0.820. The van der Waals surface area contributed by atoms with Crippen molar-refractivity contribution in [3.05, 3.63) is 32.2 Å². The minimum Gasteiger partial charge on any atom is -0.316 e. The molecule has 0 bridgehead atoms. The summed E-state index contributed by atoms with van der Waals surface area (Å²) in [6.45, 7) is 7.67. The number of hydrogen-bond acceptors (Lipinski definition) is 6. The van der Waals surface area contributed by atoms with Gasteiger partial charge in [0.2, 0.25) is 0 Å². The molecule has 1 saturated carbocycles. The molecule has 1 N–H and O–H groups in total. The van der Waals surface area contributed by atoms with Gasteiger partial charge < -0.3 is 5.32 Å². The normalized spacial score (nSPS) is 21.4. The van der Waals surface area contributed by atoms with E-state index in [0.717, 1.165) is 31.5 Å². The highest BCUT2D eigenvalue weighted by Gasteiger charge is 2.27. The Balaban J connectivity index is 1.44. The Morgan fingerprint density at radius 2 is 2.17 bits per heavy atom. The van der Waals surface area contributed by atoms with E-state index in [-0.39, 0.29) is 0 Å². The van der Waals surface area contributed by atoms with Crippen LogP contribution >= 0.6 is 22.7 Å². The van der Waals surface area contributed by atoms with Crippen LogP contribution in [0.5, 0.6) is 0 Å². The van der Waals surface area contributed by atoms with Gasteiger partial charge in [-0.05, 0) is 45.2 Å². The van der Waals surface area contributed by atoms with Gasteiger partial charge in [-0.3, -0.25) is 4.90 Å². The second-order valence-corrected chi connectivity index (χ2v) is 8.91. The molecule has 23 heavy (non-hydrogen) atoms. The second kappa shape index (κ2) is 6.97. The molecule has 0 aromatic carbocycles. The van der Waals surface area contributed by atoms with Gasteiger partial charge in [0.15, 0.2) is 0 Å². The van der Waals surface area contributed by atoms with Crippen LogP contribution in [0.3, 0.4) is 0 Å². The smallest absolute Gasteiger partial charge is 0.0959 e. The van der Waals surface area contributed by atoms with Crippen LogP contribution in [0, 0.1) is 12.8 Å². The summed E-state index contributed by atoms with van der Waals surface area (Å²) < 4.78 is 0. The van der Waals surface area contributed by atoms with Crippen LogP contribution in [0.4, 0.5) is 0 Å². The minimum absolute atomic E-state index is 0.768. The van der Waals surface area contributed by atoms with Crippen molar-refractivity contribution in [2.45, 2.75) is 45.2 Å². The zero-order valence-corrected chi connectivity index (χ0v) is 15.3.